The molecule has 0 spiro atoms. The minimum absolute atomic E-state index is 0.0196. The number of halogens is 1. The second-order valence-electron chi connectivity index (χ2n) is 5.67. The molecule has 3 rings (SSSR count). The van der Waals surface area contributed by atoms with E-state index in [1.807, 2.05) is 29.2 Å². The Balaban J connectivity index is 1.96. The molecule has 1 amide bonds. The molecular formula is C16H17ClN2O. The molecule has 1 aromatic carbocycles. The number of hydrogen-bond acceptors (Lipinski definition) is 2. The molecule has 1 aliphatic rings. The molecule has 1 aromatic heterocycles. The van der Waals surface area contributed by atoms with Crippen molar-refractivity contribution in [1.82, 2.24) is 9.88 Å². The van der Waals surface area contributed by atoms with E-state index in [1.165, 1.54) is 0 Å². The summed E-state index contributed by atoms with van der Waals surface area (Å²) in [5, 5.41) is 1.47. The fourth-order valence-electron chi connectivity index (χ4n) is 2.70. The van der Waals surface area contributed by atoms with Gasteiger partial charge in [-0.1, -0.05) is 43.6 Å². The van der Waals surface area contributed by atoms with E-state index in [9.17, 15) is 4.79 Å². The molecule has 1 saturated heterocycles. The highest BCUT2D eigenvalue weighted by atomic mass is 35.5. The maximum absolute atomic E-state index is 12.5. The summed E-state index contributed by atoms with van der Waals surface area (Å²) in [4.78, 5) is 18.9. The molecular weight excluding hydrogens is 272 g/mol. The van der Waals surface area contributed by atoms with Gasteiger partial charge in [-0.05, 0) is 24.0 Å². The zero-order valence-electron chi connectivity index (χ0n) is 11.6. The van der Waals surface area contributed by atoms with Crippen LogP contribution in [-0.4, -0.2) is 28.9 Å². The fourth-order valence-corrected chi connectivity index (χ4v) is 2.96. The van der Waals surface area contributed by atoms with Gasteiger partial charge in [0.05, 0.1) is 10.5 Å². The number of pyridine rings is 1. The first-order valence-electron chi connectivity index (χ1n) is 6.91. The normalized spacial score (nSPS) is 22.4. The molecule has 0 saturated carbocycles. The second kappa shape index (κ2) is 5.06. The SMILES string of the molecule is CC1CN(C(=O)c2cc(Cl)c3ccccc3n2)CC1C. The third kappa shape index (κ3) is 2.27. The molecule has 0 aliphatic carbocycles. The van der Waals surface area contributed by atoms with E-state index in [0.717, 1.165) is 24.0 Å². The first-order chi connectivity index (χ1) is 9.56. The lowest BCUT2D eigenvalue weighted by Gasteiger charge is -2.16. The van der Waals surface area contributed by atoms with Crippen LogP contribution in [0.3, 0.4) is 0 Å². The number of rotatable bonds is 1. The summed E-state index contributed by atoms with van der Waals surface area (Å²) < 4.78 is 0. The van der Waals surface area contributed by atoms with Crippen LogP contribution in [0.15, 0.2) is 30.3 Å². The molecule has 104 valence electrons. The Kier molecular flexibility index (Phi) is 3.38. The predicted molar refractivity (Wildman–Crippen MR) is 81.0 cm³/mol. The Labute approximate surface area is 123 Å². The molecule has 3 nitrogen and oxygen atoms in total. The highest BCUT2D eigenvalue weighted by Crippen LogP contribution is 2.26. The Morgan fingerprint density at radius 1 is 1.25 bits per heavy atom. The Morgan fingerprint density at radius 3 is 2.60 bits per heavy atom. The second-order valence-corrected chi connectivity index (χ2v) is 6.08. The van der Waals surface area contributed by atoms with Gasteiger partial charge in [0.15, 0.2) is 0 Å². The van der Waals surface area contributed by atoms with Gasteiger partial charge in [-0.3, -0.25) is 4.79 Å². The molecule has 0 radical (unpaired) electrons. The number of benzene rings is 1. The van der Waals surface area contributed by atoms with Crippen LogP contribution in [0.5, 0.6) is 0 Å². The van der Waals surface area contributed by atoms with Gasteiger partial charge in [-0.15, -0.1) is 0 Å². The third-order valence-electron chi connectivity index (χ3n) is 4.16. The van der Waals surface area contributed by atoms with Crippen LogP contribution >= 0.6 is 11.6 Å². The average Bonchev–Trinajstić information content (AvgIpc) is 2.78. The summed E-state index contributed by atoms with van der Waals surface area (Å²) >= 11 is 6.26. The molecule has 2 aromatic rings. The molecule has 0 N–H and O–H groups in total. The fraction of sp³-hybridized carbons (Fsp3) is 0.375. The number of hydrogen-bond donors (Lipinski definition) is 0. The lowest BCUT2D eigenvalue weighted by molar-refractivity contribution is 0.0779. The summed E-state index contributed by atoms with van der Waals surface area (Å²) in [6.45, 7) is 5.95. The van der Waals surface area contributed by atoms with E-state index in [2.05, 4.69) is 18.8 Å². The molecule has 4 heteroatoms. The zero-order valence-corrected chi connectivity index (χ0v) is 12.4. The first kappa shape index (κ1) is 13.4. The van der Waals surface area contributed by atoms with Crippen molar-refractivity contribution in [3.63, 3.8) is 0 Å². The van der Waals surface area contributed by atoms with Crippen molar-refractivity contribution in [3.05, 3.63) is 41.0 Å². The summed E-state index contributed by atoms with van der Waals surface area (Å²) in [5.41, 5.74) is 1.21. The number of fused-ring (bicyclic) bond motifs is 1. The maximum Gasteiger partial charge on any atom is 0.272 e. The van der Waals surface area contributed by atoms with Crippen molar-refractivity contribution in [2.45, 2.75) is 13.8 Å². The Bertz CT molecular complexity index is 661. The molecule has 2 atom stereocenters. The van der Waals surface area contributed by atoms with Crippen LogP contribution in [0.1, 0.15) is 24.3 Å². The third-order valence-corrected chi connectivity index (χ3v) is 4.47. The van der Waals surface area contributed by atoms with Gasteiger partial charge in [-0.2, -0.15) is 0 Å². The van der Waals surface area contributed by atoms with Crippen LogP contribution in [0, 0.1) is 11.8 Å². The minimum Gasteiger partial charge on any atom is -0.337 e. The number of likely N-dealkylation sites (tertiary alicyclic amines) is 1. The Hall–Kier alpha value is -1.61. The quantitative estimate of drug-likeness (QED) is 0.803. The topological polar surface area (TPSA) is 33.2 Å². The van der Waals surface area contributed by atoms with Crippen molar-refractivity contribution in [1.29, 1.82) is 0 Å². The van der Waals surface area contributed by atoms with E-state index in [1.54, 1.807) is 6.07 Å². The molecule has 20 heavy (non-hydrogen) atoms. The standard InChI is InChI=1S/C16H17ClN2O/c1-10-8-19(9-11(10)2)16(20)15-7-13(17)12-5-3-4-6-14(12)18-15/h3-7,10-11H,8-9H2,1-2H3. The summed E-state index contributed by atoms with van der Waals surface area (Å²) in [5.74, 6) is 1.05. The van der Waals surface area contributed by atoms with Crippen molar-refractivity contribution < 1.29 is 4.79 Å². The van der Waals surface area contributed by atoms with E-state index in [4.69, 9.17) is 11.6 Å². The van der Waals surface area contributed by atoms with E-state index in [0.29, 0.717) is 22.6 Å². The predicted octanol–water partition coefficient (Wildman–Crippen LogP) is 3.62. The number of nitrogens with zero attached hydrogens (tertiary/aromatic N) is 2. The number of para-hydroxylation sites is 1. The summed E-state index contributed by atoms with van der Waals surface area (Å²) in [6.07, 6.45) is 0. The van der Waals surface area contributed by atoms with Crippen molar-refractivity contribution >= 4 is 28.4 Å². The highest BCUT2D eigenvalue weighted by Gasteiger charge is 2.30. The lowest BCUT2D eigenvalue weighted by atomic mass is 10.0. The van der Waals surface area contributed by atoms with Crippen LogP contribution < -0.4 is 0 Å². The molecule has 2 heterocycles. The molecule has 0 bridgehead atoms. The summed E-state index contributed by atoms with van der Waals surface area (Å²) in [6, 6.07) is 9.30. The van der Waals surface area contributed by atoms with E-state index < -0.39 is 0 Å². The van der Waals surface area contributed by atoms with Gasteiger partial charge >= 0.3 is 0 Å². The van der Waals surface area contributed by atoms with Crippen molar-refractivity contribution in [2.75, 3.05) is 13.1 Å². The molecule has 1 fully saturated rings. The van der Waals surface area contributed by atoms with Crippen LogP contribution in [0.2, 0.25) is 5.02 Å². The van der Waals surface area contributed by atoms with Gasteiger partial charge in [0, 0.05) is 18.5 Å². The molecule has 2 unspecified atom stereocenters. The van der Waals surface area contributed by atoms with Crippen LogP contribution in [0.25, 0.3) is 10.9 Å². The van der Waals surface area contributed by atoms with Gasteiger partial charge in [0.1, 0.15) is 5.69 Å². The van der Waals surface area contributed by atoms with Gasteiger partial charge < -0.3 is 4.90 Å². The minimum atomic E-state index is -0.0196. The van der Waals surface area contributed by atoms with E-state index >= 15 is 0 Å². The number of amides is 1. The zero-order chi connectivity index (χ0) is 14.3. The average molecular weight is 289 g/mol. The number of carbonyl (C=O) groups is 1. The van der Waals surface area contributed by atoms with Crippen LogP contribution in [-0.2, 0) is 0 Å². The van der Waals surface area contributed by atoms with Gasteiger partial charge in [0.25, 0.3) is 5.91 Å². The monoisotopic (exact) mass is 288 g/mol. The maximum atomic E-state index is 12.5. The highest BCUT2D eigenvalue weighted by molar-refractivity contribution is 6.35. The Morgan fingerprint density at radius 2 is 1.90 bits per heavy atom. The van der Waals surface area contributed by atoms with Gasteiger partial charge in [-0.25, -0.2) is 4.98 Å². The number of carbonyl (C=O) groups excluding carboxylic acids is 1. The van der Waals surface area contributed by atoms with E-state index in [-0.39, 0.29) is 5.91 Å². The first-order valence-corrected chi connectivity index (χ1v) is 7.28. The van der Waals surface area contributed by atoms with Gasteiger partial charge in [0.2, 0.25) is 0 Å². The van der Waals surface area contributed by atoms with Crippen molar-refractivity contribution in [2.24, 2.45) is 11.8 Å². The smallest absolute Gasteiger partial charge is 0.272 e. The van der Waals surface area contributed by atoms with Crippen LogP contribution in [0.4, 0.5) is 0 Å². The largest absolute Gasteiger partial charge is 0.337 e. The molecule has 1 aliphatic heterocycles. The number of aromatic nitrogens is 1. The summed E-state index contributed by atoms with van der Waals surface area (Å²) in [7, 11) is 0. The van der Waals surface area contributed by atoms with Crippen molar-refractivity contribution in [3.8, 4) is 0 Å². The lowest BCUT2D eigenvalue weighted by Crippen LogP contribution is -2.29.